The maximum atomic E-state index is 15.8. The van der Waals surface area contributed by atoms with E-state index < -0.39 is 0 Å². The smallest absolute Gasteiger partial charge is 0.236 e. The topological polar surface area (TPSA) is 99.8 Å². The van der Waals surface area contributed by atoms with Gasteiger partial charge in [0.15, 0.2) is 10.9 Å². The molecule has 1 N–H and O–H groups in total. The number of hydrogen-bond donors (Lipinski definition) is 1. The first-order chi connectivity index (χ1) is 22.2. The van der Waals surface area contributed by atoms with Crippen molar-refractivity contribution < 1.29 is 18.7 Å². The van der Waals surface area contributed by atoms with Gasteiger partial charge in [-0.1, -0.05) is 11.3 Å². The van der Waals surface area contributed by atoms with Crippen molar-refractivity contribution in [1.82, 2.24) is 19.8 Å². The molecule has 0 radical (unpaired) electrons. The molecular formula is C34H33F2N7O2S. The van der Waals surface area contributed by atoms with E-state index in [-0.39, 0.29) is 29.1 Å². The minimum atomic E-state index is -0.383. The molecule has 2 saturated heterocycles. The molecule has 4 aliphatic rings. The van der Waals surface area contributed by atoms with Crippen LogP contribution in [0.2, 0.25) is 0 Å². The van der Waals surface area contributed by atoms with Crippen molar-refractivity contribution in [3.8, 4) is 17.3 Å². The molecule has 0 unspecified atom stereocenters. The van der Waals surface area contributed by atoms with Crippen molar-refractivity contribution >= 4 is 44.7 Å². The van der Waals surface area contributed by atoms with E-state index in [9.17, 15) is 19.6 Å². The second kappa shape index (κ2) is 11.0. The van der Waals surface area contributed by atoms with E-state index in [4.69, 9.17) is 4.98 Å². The summed E-state index contributed by atoms with van der Waals surface area (Å²) in [5, 5.41) is 20.8. The van der Waals surface area contributed by atoms with Gasteiger partial charge in [0.25, 0.3) is 0 Å². The number of carbonyl (C=O) groups excluding carboxylic acids is 1. The Morgan fingerprint density at radius 2 is 1.85 bits per heavy atom. The average Bonchev–Trinajstić information content (AvgIpc) is 3.44. The fraction of sp³-hybridized carbons (Fsp3) is 0.412. The number of pyridine rings is 1. The SMILES string of the molecule is CN(c1nc(-c2ccc(F)cc2)c(C#N)s1)c1c2c(nc3c(F)cc(N4CCN(CC(=O)N5CC6(CC(O)C6)C5)CC4)cc13)CC2. The molecule has 9 nitrogen and oxygen atoms in total. The van der Waals surface area contributed by atoms with Gasteiger partial charge in [-0.15, -0.1) is 0 Å². The molecular weight excluding hydrogens is 608 g/mol. The first kappa shape index (κ1) is 29.2. The van der Waals surface area contributed by atoms with Crippen molar-refractivity contribution in [3.05, 3.63) is 64.2 Å². The van der Waals surface area contributed by atoms with Crippen LogP contribution >= 0.6 is 11.3 Å². The van der Waals surface area contributed by atoms with E-state index in [1.807, 2.05) is 22.9 Å². The number of fused-ring (bicyclic) bond motifs is 2. The zero-order valence-electron chi connectivity index (χ0n) is 25.5. The maximum Gasteiger partial charge on any atom is 0.236 e. The first-order valence-corrected chi connectivity index (χ1v) is 16.5. The minimum absolute atomic E-state index is 0.137. The number of nitrogens with zero attached hydrogens (tertiary/aromatic N) is 7. The van der Waals surface area contributed by atoms with Crippen molar-refractivity contribution in [2.45, 2.75) is 31.8 Å². The number of aliphatic hydroxyl groups is 1. The van der Waals surface area contributed by atoms with Crippen molar-refractivity contribution in [3.63, 3.8) is 0 Å². The van der Waals surface area contributed by atoms with Gasteiger partial charge in [-0.2, -0.15) is 5.26 Å². The number of aryl methyl sites for hydroxylation is 1. The maximum absolute atomic E-state index is 15.8. The van der Waals surface area contributed by atoms with Crippen LogP contribution in [0.4, 0.5) is 25.3 Å². The largest absolute Gasteiger partial charge is 0.393 e. The molecule has 0 atom stereocenters. The number of amides is 1. The van der Waals surface area contributed by atoms with E-state index in [2.05, 4.69) is 20.9 Å². The van der Waals surface area contributed by atoms with Crippen LogP contribution in [-0.4, -0.2) is 89.7 Å². The van der Waals surface area contributed by atoms with E-state index in [1.165, 1.54) is 23.5 Å². The Labute approximate surface area is 269 Å². The van der Waals surface area contributed by atoms with Crippen molar-refractivity contribution in [2.24, 2.45) is 5.41 Å². The normalized spacial score (nSPS) is 18.9. The summed E-state index contributed by atoms with van der Waals surface area (Å²) < 4.78 is 29.4. The Bertz CT molecular complexity index is 1900. The van der Waals surface area contributed by atoms with Crippen molar-refractivity contribution in [2.75, 3.05) is 62.7 Å². The van der Waals surface area contributed by atoms with Crippen molar-refractivity contribution in [1.29, 1.82) is 5.26 Å². The second-order valence-corrected chi connectivity index (χ2v) is 14.1. The fourth-order valence-electron chi connectivity index (χ4n) is 7.50. The number of likely N-dealkylation sites (tertiary alicyclic amines) is 1. The van der Waals surface area contributed by atoms with Gasteiger partial charge >= 0.3 is 0 Å². The molecule has 46 heavy (non-hydrogen) atoms. The summed E-state index contributed by atoms with van der Waals surface area (Å²) in [6.45, 7) is 4.59. The molecule has 0 bridgehead atoms. The first-order valence-electron chi connectivity index (χ1n) is 15.7. The number of piperazine rings is 1. The molecule has 3 fully saturated rings. The Morgan fingerprint density at radius 1 is 1.11 bits per heavy atom. The van der Waals surface area contributed by atoms with Crippen LogP contribution in [0.15, 0.2) is 36.4 Å². The molecule has 12 heteroatoms. The summed E-state index contributed by atoms with van der Waals surface area (Å²) in [7, 11) is 1.88. The van der Waals surface area contributed by atoms with Gasteiger partial charge in [0.05, 0.1) is 18.3 Å². The number of anilines is 3. The van der Waals surface area contributed by atoms with Gasteiger partial charge in [-0.05, 0) is 67.6 Å². The van der Waals surface area contributed by atoms with E-state index in [1.54, 1.807) is 18.2 Å². The zero-order chi connectivity index (χ0) is 31.7. The number of thiazole rings is 1. The standard InChI is InChI=1S/C34H33F2N7O2S/c1-40(33-39-30(28(16-37)46-33)20-2-4-21(35)5-3-20)32-24-6-7-27(24)38-31-25(32)12-22(13-26(31)36)42-10-8-41(9-11-42)17-29(45)43-18-34(19-43)14-23(44)15-34/h2-5,12-13,23,44H,6-11,14-15,17-19H2,1H3. The lowest BCUT2D eigenvalue weighted by atomic mass is 9.62. The van der Waals surface area contributed by atoms with Crippen LogP contribution in [0.1, 0.15) is 29.0 Å². The molecule has 2 aromatic carbocycles. The van der Waals surface area contributed by atoms with Gasteiger partial charge in [0.1, 0.15) is 28.0 Å². The third-order valence-corrected chi connectivity index (χ3v) is 11.1. The number of aromatic nitrogens is 2. The second-order valence-electron chi connectivity index (χ2n) is 13.1. The Hall–Kier alpha value is -4.18. The third kappa shape index (κ3) is 4.89. The number of carbonyl (C=O) groups is 1. The predicted octanol–water partition coefficient (Wildman–Crippen LogP) is 4.48. The van der Waals surface area contributed by atoms with Crippen LogP contribution in [-0.2, 0) is 17.6 Å². The molecule has 1 amide bonds. The number of hydrogen-bond acceptors (Lipinski definition) is 9. The molecule has 2 aliphatic carbocycles. The Kier molecular flexibility index (Phi) is 6.97. The van der Waals surface area contributed by atoms with Crippen LogP contribution in [0, 0.1) is 28.4 Å². The van der Waals surface area contributed by atoms with E-state index in [0.717, 1.165) is 61.4 Å². The highest BCUT2D eigenvalue weighted by Crippen LogP contribution is 2.48. The van der Waals surface area contributed by atoms with E-state index in [0.29, 0.717) is 64.9 Å². The number of aliphatic hydroxyl groups excluding tert-OH is 1. The summed E-state index contributed by atoms with van der Waals surface area (Å²) in [6.07, 6.45) is 2.98. The highest BCUT2D eigenvalue weighted by atomic mass is 32.1. The fourth-order valence-corrected chi connectivity index (χ4v) is 8.36. The Morgan fingerprint density at radius 3 is 2.50 bits per heavy atom. The summed E-state index contributed by atoms with van der Waals surface area (Å²) in [4.78, 5) is 30.9. The highest BCUT2D eigenvalue weighted by molar-refractivity contribution is 7.16. The molecule has 4 heterocycles. The number of nitriles is 1. The number of halogens is 2. The lowest BCUT2D eigenvalue weighted by molar-refractivity contribution is -0.163. The summed E-state index contributed by atoms with van der Waals surface area (Å²) in [5.74, 6) is -0.607. The Balaban J connectivity index is 1.03. The third-order valence-electron chi connectivity index (χ3n) is 10.1. The van der Waals surface area contributed by atoms with E-state index >= 15 is 4.39 Å². The highest BCUT2D eigenvalue weighted by Gasteiger charge is 2.53. The van der Waals surface area contributed by atoms with Gasteiger partial charge in [0.2, 0.25) is 5.91 Å². The summed E-state index contributed by atoms with van der Waals surface area (Å²) in [5.41, 5.74) is 5.14. The molecule has 2 aliphatic heterocycles. The van der Waals surface area contributed by atoms with Gasteiger partial charge in [0, 0.05) is 74.1 Å². The van der Waals surface area contributed by atoms with Crippen LogP contribution < -0.4 is 9.80 Å². The van der Waals surface area contributed by atoms with Crippen LogP contribution in [0.25, 0.3) is 22.2 Å². The van der Waals surface area contributed by atoms with Gasteiger partial charge in [-0.3, -0.25) is 9.69 Å². The molecule has 1 saturated carbocycles. The van der Waals surface area contributed by atoms with Gasteiger partial charge in [-0.25, -0.2) is 18.7 Å². The quantitative estimate of drug-likeness (QED) is 0.329. The molecule has 1 spiro atoms. The lowest BCUT2D eigenvalue weighted by Gasteiger charge is -2.58. The number of benzene rings is 2. The lowest BCUT2D eigenvalue weighted by Crippen LogP contribution is -2.66. The molecule has 236 valence electrons. The molecule has 4 aromatic rings. The monoisotopic (exact) mass is 641 g/mol. The number of rotatable bonds is 6. The molecule has 2 aromatic heterocycles. The van der Waals surface area contributed by atoms with Gasteiger partial charge < -0.3 is 19.8 Å². The summed E-state index contributed by atoms with van der Waals surface area (Å²) >= 11 is 1.25. The van der Waals surface area contributed by atoms with Crippen LogP contribution in [0.3, 0.4) is 0 Å². The average molecular weight is 642 g/mol. The molecule has 8 rings (SSSR count). The zero-order valence-corrected chi connectivity index (χ0v) is 26.3. The van der Waals surface area contributed by atoms with Crippen LogP contribution in [0.5, 0.6) is 0 Å². The minimum Gasteiger partial charge on any atom is -0.393 e. The summed E-state index contributed by atoms with van der Waals surface area (Å²) in [6, 6.07) is 11.7. The predicted molar refractivity (Wildman–Crippen MR) is 172 cm³/mol.